The third kappa shape index (κ3) is 2.92. The Hall–Kier alpha value is -1.07. The van der Waals surface area contributed by atoms with Crippen LogP contribution in [0.2, 0.25) is 4.34 Å². The smallest absolute Gasteiger partial charge is 0.348 e. The highest BCUT2D eigenvalue weighted by molar-refractivity contribution is 7.17. The molecule has 1 saturated carbocycles. The average molecular weight is 300 g/mol. The topological polar surface area (TPSA) is 46.6 Å². The van der Waals surface area contributed by atoms with E-state index < -0.39 is 0 Å². The number of carbonyl (C=O) groups excluding carboxylic acids is 2. The highest BCUT2D eigenvalue weighted by Gasteiger charge is 2.39. The second kappa shape index (κ2) is 5.13. The van der Waals surface area contributed by atoms with Gasteiger partial charge in [-0.3, -0.25) is 4.79 Å². The van der Waals surface area contributed by atoms with Gasteiger partial charge in [0.2, 0.25) is 5.91 Å². The number of carbonyl (C=O) groups is 2. The van der Waals surface area contributed by atoms with E-state index in [4.69, 9.17) is 16.3 Å². The molecule has 3 rings (SSSR count). The quantitative estimate of drug-likeness (QED) is 0.803. The van der Waals surface area contributed by atoms with Gasteiger partial charge in [0.25, 0.3) is 0 Å². The van der Waals surface area contributed by atoms with Crippen molar-refractivity contribution in [3.05, 3.63) is 21.3 Å². The van der Waals surface area contributed by atoms with Crippen molar-refractivity contribution in [3.8, 4) is 0 Å². The molecular weight excluding hydrogens is 286 g/mol. The lowest BCUT2D eigenvalue weighted by atomic mass is 10.1. The minimum atomic E-state index is -0.353. The molecule has 0 bridgehead atoms. The highest BCUT2D eigenvalue weighted by atomic mass is 35.5. The molecule has 2 aliphatic rings. The van der Waals surface area contributed by atoms with E-state index in [1.165, 1.54) is 11.3 Å². The zero-order valence-electron chi connectivity index (χ0n) is 10.3. The Balaban J connectivity index is 1.50. The molecule has 1 unspecified atom stereocenters. The number of halogens is 1. The van der Waals surface area contributed by atoms with Crippen LogP contribution in [0.25, 0.3) is 0 Å². The molecule has 1 aromatic rings. The van der Waals surface area contributed by atoms with Gasteiger partial charge in [-0.2, -0.15) is 0 Å². The van der Waals surface area contributed by atoms with Gasteiger partial charge in [0, 0.05) is 24.9 Å². The number of amides is 1. The zero-order valence-corrected chi connectivity index (χ0v) is 11.9. The standard InChI is InChI=1S/C13H14ClNO3S/c14-11-4-3-10(19-11)13(17)18-7-8-5-12(16)15(6-8)9-1-2-9/h3-4,8-9H,1-2,5-7H2. The fraction of sp³-hybridized carbons (Fsp3) is 0.538. The number of esters is 1. The van der Waals surface area contributed by atoms with Crippen LogP contribution in [0.3, 0.4) is 0 Å². The van der Waals surface area contributed by atoms with E-state index in [9.17, 15) is 9.59 Å². The summed E-state index contributed by atoms with van der Waals surface area (Å²) in [5, 5.41) is 0. The molecule has 0 N–H and O–H groups in total. The normalized spacial score (nSPS) is 22.9. The second-order valence-electron chi connectivity index (χ2n) is 5.05. The predicted molar refractivity (Wildman–Crippen MR) is 72.5 cm³/mol. The fourth-order valence-electron chi connectivity index (χ4n) is 2.35. The summed E-state index contributed by atoms with van der Waals surface area (Å²) >= 11 is 6.98. The summed E-state index contributed by atoms with van der Waals surface area (Å²) in [6.45, 7) is 1.03. The molecule has 2 heterocycles. The molecule has 1 amide bonds. The minimum absolute atomic E-state index is 0.132. The largest absolute Gasteiger partial charge is 0.461 e. The fourth-order valence-corrected chi connectivity index (χ4v) is 3.28. The van der Waals surface area contributed by atoms with Crippen LogP contribution >= 0.6 is 22.9 Å². The maximum atomic E-state index is 11.8. The number of nitrogens with zero attached hydrogens (tertiary/aromatic N) is 1. The van der Waals surface area contributed by atoms with E-state index in [2.05, 4.69) is 0 Å². The highest BCUT2D eigenvalue weighted by Crippen LogP contribution is 2.32. The first-order valence-corrected chi connectivity index (χ1v) is 7.55. The molecule has 102 valence electrons. The van der Waals surface area contributed by atoms with Crippen LogP contribution in [0, 0.1) is 5.92 Å². The lowest BCUT2D eigenvalue weighted by molar-refractivity contribution is -0.128. The first kappa shape index (κ1) is 12.9. The Bertz CT molecular complexity index is 512. The van der Waals surface area contributed by atoms with Gasteiger partial charge in [-0.05, 0) is 25.0 Å². The number of ether oxygens (including phenoxy) is 1. The second-order valence-corrected chi connectivity index (χ2v) is 6.76. The minimum Gasteiger partial charge on any atom is -0.461 e. The first-order chi connectivity index (χ1) is 9.13. The molecule has 1 aliphatic heterocycles. The molecule has 0 aromatic carbocycles. The van der Waals surface area contributed by atoms with Gasteiger partial charge < -0.3 is 9.64 Å². The van der Waals surface area contributed by atoms with Crippen molar-refractivity contribution in [2.24, 2.45) is 5.92 Å². The van der Waals surface area contributed by atoms with Crippen molar-refractivity contribution in [2.45, 2.75) is 25.3 Å². The van der Waals surface area contributed by atoms with Crippen LogP contribution in [0.1, 0.15) is 28.9 Å². The summed E-state index contributed by atoms with van der Waals surface area (Å²) in [6, 6.07) is 3.78. The van der Waals surface area contributed by atoms with Gasteiger partial charge in [0.15, 0.2) is 0 Å². The lowest BCUT2D eigenvalue weighted by Gasteiger charge is -2.15. The van der Waals surface area contributed by atoms with Crippen molar-refractivity contribution in [3.63, 3.8) is 0 Å². The molecule has 1 aliphatic carbocycles. The predicted octanol–water partition coefficient (Wildman–Crippen LogP) is 2.57. The third-order valence-corrected chi connectivity index (χ3v) is 4.66. The molecule has 4 nitrogen and oxygen atoms in total. The maximum Gasteiger partial charge on any atom is 0.348 e. The summed E-state index contributed by atoms with van der Waals surface area (Å²) in [4.78, 5) is 25.9. The Labute approximate surface area is 120 Å². The van der Waals surface area contributed by atoms with Crippen LogP contribution < -0.4 is 0 Å². The van der Waals surface area contributed by atoms with Crippen molar-refractivity contribution < 1.29 is 14.3 Å². The lowest BCUT2D eigenvalue weighted by Crippen LogP contribution is -2.27. The van der Waals surface area contributed by atoms with Crippen LogP contribution in [0.15, 0.2) is 12.1 Å². The van der Waals surface area contributed by atoms with E-state index in [0.29, 0.717) is 28.3 Å². The van der Waals surface area contributed by atoms with Gasteiger partial charge >= 0.3 is 5.97 Å². The molecule has 0 radical (unpaired) electrons. The Morgan fingerprint density at radius 2 is 2.26 bits per heavy atom. The Morgan fingerprint density at radius 3 is 2.89 bits per heavy atom. The summed E-state index contributed by atoms with van der Waals surface area (Å²) in [7, 11) is 0. The average Bonchev–Trinajstić information content (AvgIpc) is 3.03. The van der Waals surface area contributed by atoms with Gasteiger partial charge in [-0.15, -0.1) is 11.3 Å². The van der Waals surface area contributed by atoms with Crippen LogP contribution in [-0.4, -0.2) is 36.0 Å². The van der Waals surface area contributed by atoms with E-state index in [0.717, 1.165) is 19.4 Å². The molecule has 1 aromatic heterocycles. The SMILES string of the molecule is O=C(OCC1CC(=O)N(C2CC2)C1)c1ccc(Cl)s1. The van der Waals surface area contributed by atoms with Crippen LogP contribution in [0.5, 0.6) is 0 Å². The third-order valence-electron chi connectivity index (χ3n) is 3.45. The van der Waals surface area contributed by atoms with Crippen molar-refractivity contribution in [2.75, 3.05) is 13.2 Å². The van der Waals surface area contributed by atoms with Gasteiger partial charge in [-0.1, -0.05) is 11.6 Å². The van der Waals surface area contributed by atoms with Crippen LogP contribution in [0.4, 0.5) is 0 Å². The van der Waals surface area contributed by atoms with Gasteiger partial charge in [0.1, 0.15) is 4.88 Å². The number of hydrogen-bond acceptors (Lipinski definition) is 4. The molecule has 2 fully saturated rings. The van der Waals surface area contributed by atoms with Crippen molar-refractivity contribution in [1.82, 2.24) is 4.90 Å². The van der Waals surface area contributed by atoms with E-state index >= 15 is 0 Å². The molecule has 0 spiro atoms. The molecule has 6 heteroatoms. The summed E-state index contributed by atoms with van der Waals surface area (Å²) < 4.78 is 5.83. The maximum absolute atomic E-state index is 11.8. The van der Waals surface area contributed by atoms with E-state index in [1.54, 1.807) is 12.1 Å². The van der Waals surface area contributed by atoms with Crippen LogP contribution in [-0.2, 0) is 9.53 Å². The van der Waals surface area contributed by atoms with Crippen molar-refractivity contribution >= 4 is 34.8 Å². The molecular formula is C13H14ClNO3S. The van der Waals surface area contributed by atoms with E-state index in [-0.39, 0.29) is 17.8 Å². The van der Waals surface area contributed by atoms with Gasteiger partial charge in [-0.25, -0.2) is 4.79 Å². The zero-order chi connectivity index (χ0) is 13.4. The Morgan fingerprint density at radius 1 is 1.47 bits per heavy atom. The van der Waals surface area contributed by atoms with Gasteiger partial charge in [0.05, 0.1) is 10.9 Å². The number of likely N-dealkylation sites (tertiary alicyclic amines) is 1. The van der Waals surface area contributed by atoms with E-state index in [1.807, 2.05) is 4.90 Å². The summed E-state index contributed by atoms with van der Waals surface area (Å²) in [6.07, 6.45) is 2.73. The Kier molecular flexibility index (Phi) is 3.50. The monoisotopic (exact) mass is 299 g/mol. The summed E-state index contributed by atoms with van der Waals surface area (Å²) in [5.41, 5.74) is 0. The summed E-state index contributed by atoms with van der Waals surface area (Å²) in [5.74, 6) is -0.0237. The number of rotatable bonds is 4. The molecule has 19 heavy (non-hydrogen) atoms. The number of hydrogen-bond donors (Lipinski definition) is 0. The molecule has 1 saturated heterocycles. The number of thiophene rings is 1. The van der Waals surface area contributed by atoms with Crippen molar-refractivity contribution in [1.29, 1.82) is 0 Å². The first-order valence-electron chi connectivity index (χ1n) is 6.35. The molecule has 1 atom stereocenters.